The number of hydrogen-bond donors (Lipinski definition) is 1. The van der Waals surface area contributed by atoms with Crippen LogP contribution in [0.1, 0.15) is 30.4 Å². The van der Waals surface area contributed by atoms with E-state index in [2.05, 4.69) is 23.1 Å². The highest BCUT2D eigenvalue weighted by Crippen LogP contribution is 2.38. The summed E-state index contributed by atoms with van der Waals surface area (Å²) < 4.78 is 5.66. The number of aryl methyl sites for hydroxylation is 1. The zero-order valence-corrected chi connectivity index (χ0v) is 17.3. The van der Waals surface area contributed by atoms with E-state index in [9.17, 15) is 4.79 Å². The van der Waals surface area contributed by atoms with Gasteiger partial charge in [-0.2, -0.15) is 0 Å². The molecule has 30 heavy (non-hydrogen) atoms. The number of primary amides is 1. The van der Waals surface area contributed by atoms with Crippen molar-refractivity contribution in [1.82, 2.24) is 4.90 Å². The van der Waals surface area contributed by atoms with Crippen LogP contribution in [0.25, 0.3) is 11.0 Å². The molecule has 3 aromatic rings. The average Bonchev–Trinajstić information content (AvgIpc) is 3.36. The van der Waals surface area contributed by atoms with Crippen LogP contribution in [-0.2, 0) is 12.8 Å². The number of hydrogen-bond acceptors (Lipinski definition) is 3. The van der Waals surface area contributed by atoms with Gasteiger partial charge in [0, 0.05) is 17.1 Å². The monoisotopic (exact) mass is 403 g/mol. The zero-order valence-electron chi connectivity index (χ0n) is 17.3. The van der Waals surface area contributed by atoms with E-state index in [-0.39, 0.29) is 12.1 Å². The highest BCUT2D eigenvalue weighted by molar-refractivity contribution is 5.94. The predicted molar refractivity (Wildman–Crippen MR) is 120 cm³/mol. The number of fused-ring (bicyclic) bond motifs is 2. The van der Waals surface area contributed by atoms with Crippen LogP contribution in [0.5, 0.6) is 0 Å². The lowest BCUT2D eigenvalue weighted by Gasteiger charge is -2.37. The highest BCUT2D eigenvalue weighted by atomic mass is 16.3. The van der Waals surface area contributed by atoms with E-state index >= 15 is 0 Å². The number of carbonyl (C=O) groups is 1. The third kappa shape index (κ3) is 3.58. The summed E-state index contributed by atoms with van der Waals surface area (Å²) in [7, 11) is 0. The molecule has 3 heterocycles. The van der Waals surface area contributed by atoms with Crippen LogP contribution < -0.4 is 10.6 Å². The fraction of sp³-hybridized carbons (Fsp3) is 0.400. The minimum Gasteiger partial charge on any atom is -0.464 e. The van der Waals surface area contributed by atoms with Crippen LogP contribution in [0, 0.1) is 5.92 Å². The van der Waals surface area contributed by atoms with Crippen LogP contribution in [-0.4, -0.2) is 36.6 Å². The van der Waals surface area contributed by atoms with Gasteiger partial charge in [0.1, 0.15) is 5.58 Å². The van der Waals surface area contributed by atoms with Gasteiger partial charge in [-0.3, -0.25) is 4.90 Å². The molecular weight excluding hydrogens is 374 g/mol. The molecule has 2 aliphatic heterocycles. The van der Waals surface area contributed by atoms with Crippen molar-refractivity contribution in [1.29, 1.82) is 0 Å². The largest absolute Gasteiger partial charge is 0.464 e. The highest BCUT2D eigenvalue weighted by Gasteiger charge is 2.38. The van der Waals surface area contributed by atoms with Crippen molar-refractivity contribution in [2.24, 2.45) is 11.7 Å². The third-order valence-electron chi connectivity index (χ3n) is 6.91. The quantitative estimate of drug-likeness (QED) is 0.678. The number of furan rings is 1. The van der Waals surface area contributed by atoms with Gasteiger partial charge in [0.2, 0.25) is 0 Å². The van der Waals surface area contributed by atoms with E-state index < -0.39 is 0 Å². The molecule has 0 spiro atoms. The molecule has 1 aromatic heterocycles. The Morgan fingerprint density at radius 3 is 2.67 bits per heavy atom. The molecule has 2 amide bonds. The number of anilines is 1. The molecule has 1 saturated heterocycles. The van der Waals surface area contributed by atoms with Gasteiger partial charge in [-0.15, -0.1) is 0 Å². The first kappa shape index (κ1) is 19.2. The SMILES string of the molecule is NC(=O)N1c2ccccc2CC1C1CCN(CCCc2coc3ccccc23)CC1. The number of carbonyl (C=O) groups excluding carboxylic acids is 1. The summed E-state index contributed by atoms with van der Waals surface area (Å²) in [6, 6.07) is 16.3. The lowest BCUT2D eigenvalue weighted by molar-refractivity contribution is 0.166. The van der Waals surface area contributed by atoms with Crippen LogP contribution >= 0.6 is 0 Å². The lowest BCUT2D eigenvalue weighted by Crippen LogP contribution is -2.48. The fourth-order valence-corrected chi connectivity index (χ4v) is 5.35. The molecule has 0 bridgehead atoms. The Kier molecular flexibility index (Phi) is 5.21. The molecule has 156 valence electrons. The van der Waals surface area contributed by atoms with E-state index in [0.29, 0.717) is 5.92 Å². The first-order chi connectivity index (χ1) is 14.7. The lowest BCUT2D eigenvalue weighted by atomic mass is 9.87. The van der Waals surface area contributed by atoms with Gasteiger partial charge in [0.15, 0.2) is 0 Å². The van der Waals surface area contributed by atoms with Crippen LogP contribution in [0.15, 0.2) is 59.2 Å². The molecule has 5 rings (SSSR count). The number of para-hydroxylation sites is 2. The number of rotatable bonds is 5. The molecule has 5 heteroatoms. The fourth-order valence-electron chi connectivity index (χ4n) is 5.35. The van der Waals surface area contributed by atoms with E-state index in [0.717, 1.165) is 63.0 Å². The minimum atomic E-state index is -0.320. The van der Waals surface area contributed by atoms with Crippen molar-refractivity contribution in [3.8, 4) is 0 Å². The summed E-state index contributed by atoms with van der Waals surface area (Å²) in [5.41, 5.74) is 10.3. The van der Waals surface area contributed by atoms with E-state index in [1.807, 2.05) is 41.5 Å². The van der Waals surface area contributed by atoms with Gasteiger partial charge in [-0.1, -0.05) is 36.4 Å². The van der Waals surface area contributed by atoms with Crippen LogP contribution in [0.3, 0.4) is 0 Å². The second-order valence-corrected chi connectivity index (χ2v) is 8.65. The standard InChI is InChI=1S/C25H29N3O2/c26-25(29)28-22-9-3-1-6-19(22)16-23(28)18-11-14-27(15-12-18)13-5-7-20-17-30-24-10-4-2-8-21(20)24/h1-4,6,8-10,17-18,23H,5,7,11-16H2,(H2,26,29). The Morgan fingerprint density at radius 1 is 1.07 bits per heavy atom. The molecule has 5 nitrogen and oxygen atoms in total. The molecule has 0 saturated carbocycles. The molecule has 0 radical (unpaired) electrons. The van der Waals surface area contributed by atoms with Crippen molar-refractivity contribution in [2.75, 3.05) is 24.5 Å². The second kappa shape index (κ2) is 8.15. The maximum absolute atomic E-state index is 12.2. The van der Waals surface area contributed by atoms with Crippen molar-refractivity contribution >= 4 is 22.7 Å². The van der Waals surface area contributed by atoms with Gasteiger partial charge in [0.05, 0.1) is 6.26 Å². The smallest absolute Gasteiger partial charge is 0.319 e. The third-order valence-corrected chi connectivity index (χ3v) is 6.91. The van der Waals surface area contributed by atoms with Gasteiger partial charge >= 0.3 is 6.03 Å². The van der Waals surface area contributed by atoms with Gasteiger partial charge in [-0.05, 0) is 80.9 Å². The van der Waals surface area contributed by atoms with Crippen molar-refractivity contribution in [3.63, 3.8) is 0 Å². The summed E-state index contributed by atoms with van der Waals surface area (Å²) in [5.74, 6) is 0.513. The van der Waals surface area contributed by atoms with Crippen LogP contribution in [0.2, 0.25) is 0 Å². The number of amides is 2. The second-order valence-electron chi connectivity index (χ2n) is 8.65. The predicted octanol–water partition coefficient (Wildman–Crippen LogP) is 4.59. The van der Waals surface area contributed by atoms with E-state index in [4.69, 9.17) is 10.2 Å². The van der Waals surface area contributed by atoms with Crippen molar-refractivity contribution in [3.05, 3.63) is 65.9 Å². The molecule has 1 atom stereocenters. The maximum Gasteiger partial charge on any atom is 0.319 e. The van der Waals surface area contributed by atoms with Crippen molar-refractivity contribution < 1.29 is 9.21 Å². The van der Waals surface area contributed by atoms with E-state index in [1.54, 1.807) is 0 Å². The molecule has 2 aromatic carbocycles. The minimum absolute atomic E-state index is 0.208. The number of likely N-dealkylation sites (tertiary alicyclic amines) is 1. The number of nitrogens with zero attached hydrogens (tertiary/aromatic N) is 2. The molecule has 1 fully saturated rings. The Bertz CT molecular complexity index is 1040. The number of piperidine rings is 1. The summed E-state index contributed by atoms with van der Waals surface area (Å²) in [6.45, 7) is 3.29. The van der Waals surface area contributed by atoms with Crippen molar-refractivity contribution in [2.45, 2.75) is 38.1 Å². The molecule has 0 aliphatic carbocycles. The maximum atomic E-state index is 12.2. The summed E-state index contributed by atoms with van der Waals surface area (Å²) in [6.07, 6.45) is 7.26. The Labute approximate surface area is 177 Å². The van der Waals surface area contributed by atoms with Gasteiger partial charge in [-0.25, -0.2) is 4.79 Å². The first-order valence-electron chi connectivity index (χ1n) is 11.0. The molecule has 1 unspecified atom stereocenters. The number of benzene rings is 2. The summed E-state index contributed by atoms with van der Waals surface area (Å²) in [4.78, 5) is 16.6. The van der Waals surface area contributed by atoms with E-state index in [1.165, 1.54) is 16.5 Å². The zero-order chi connectivity index (χ0) is 20.5. The normalized spacial score (nSPS) is 20.0. The summed E-state index contributed by atoms with van der Waals surface area (Å²) in [5, 5.41) is 1.24. The molecule has 2 aliphatic rings. The Morgan fingerprint density at radius 2 is 1.83 bits per heavy atom. The van der Waals surface area contributed by atoms with Crippen LogP contribution in [0.4, 0.5) is 10.5 Å². The summed E-state index contributed by atoms with van der Waals surface area (Å²) >= 11 is 0. The first-order valence-corrected chi connectivity index (χ1v) is 11.0. The Balaban J connectivity index is 1.15. The van der Waals surface area contributed by atoms with Gasteiger partial charge < -0.3 is 15.1 Å². The topological polar surface area (TPSA) is 62.7 Å². The molecule has 2 N–H and O–H groups in total. The number of nitrogens with two attached hydrogens (primary N) is 1. The number of urea groups is 1. The van der Waals surface area contributed by atoms with Gasteiger partial charge in [0.25, 0.3) is 0 Å². The average molecular weight is 404 g/mol. The Hall–Kier alpha value is -2.79. The molecular formula is C25H29N3O2.